The first-order chi connectivity index (χ1) is 9.69. The minimum Gasteiger partial charge on any atom is -0.479 e. The third kappa shape index (κ3) is 7.77. The Morgan fingerprint density at radius 2 is 1.95 bits per heavy atom. The second kappa shape index (κ2) is 7.51. The van der Waals surface area contributed by atoms with Crippen molar-refractivity contribution in [2.45, 2.75) is 51.7 Å². The normalized spacial score (nSPS) is 17.4. The molecule has 0 bridgehead atoms. The lowest BCUT2D eigenvalue weighted by molar-refractivity contribution is -0.143. The molecular formula is C14H23NO6. The molecule has 0 heterocycles. The minimum absolute atomic E-state index is 0.209. The van der Waals surface area contributed by atoms with Gasteiger partial charge in [-0.1, -0.05) is 12.8 Å². The van der Waals surface area contributed by atoms with Gasteiger partial charge in [0.15, 0.2) is 6.10 Å². The van der Waals surface area contributed by atoms with E-state index in [9.17, 15) is 14.7 Å². The molecule has 1 amide bonds. The number of aliphatic hydroxyl groups excluding tert-OH is 1. The van der Waals surface area contributed by atoms with Crippen molar-refractivity contribution in [3.05, 3.63) is 0 Å². The molecule has 120 valence electrons. The van der Waals surface area contributed by atoms with Gasteiger partial charge in [-0.15, -0.1) is 0 Å². The van der Waals surface area contributed by atoms with Gasteiger partial charge in [-0.3, -0.25) is 0 Å². The van der Waals surface area contributed by atoms with Gasteiger partial charge in [-0.25, -0.2) is 9.59 Å². The molecule has 1 saturated carbocycles. The highest BCUT2D eigenvalue weighted by Gasteiger charge is 2.25. The van der Waals surface area contributed by atoms with E-state index in [4.69, 9.17) is 14.6 Å². The Morgan fingerprint density at radius 1 is 1.33 bits per heavy atom. The molecule has 1 fully saturated rings. The van der Waals surface area contributed by atoms with E-state index in [0.29, 0.717) is 12.5 Å². The first kappa shape index (κ1) is 17.6. The van der Waals surface area contributed by atoms with Gasteiger partial charge in [0, 0.05) is 6.61 Å². The molecule has 1 atom stereocenters. The van der Waals surface area contributed by atoms with Crippen LogP contribution in [0.4, 0.5) is 4.79 Å². The van der Waals surface area contributed by atoms with Gasteiger partial charge in [-0.2, -0.15) is 4.99 Å². The molecule has 1 aliphatic carbocycles. The molecule has 0 aliphatic heterocycles. The van der Waals surface area contributed by atoms with Crippen LogP contribution in [0.25, 0.3) is 0 Å². The summed E-state index contributed by atoms with van der Waals surface area (Å²) >= 11 is 0. The summed E-state index contributed by atoms with van der Waals surface area (Å²) < 4.78 is 10.3. The summed E-state index contributed by atoms with van der Waals surface area (Å²) in [6, 6.07) is 0. The molecule has 7 nitrogen and oxygen atoms in total. The number of carboxylic acids is 1. The Kier molecular flexibility index (Phi) is 6.29. The highest BCUT2D eigenvalue weighted by Crippen LogP contribution is 2.32. The largest absolute Gasteiger partial charge is 0.479 e. The van der Waals surface area contributed by atoms with Crippen LogP contribution in [0, 0.1) is 5.92 Å². The molecule has 1 unspecified atom stereocenters. The summed E-state index contributed by atoms with van der Waals surface area (Å²) in [5.41, 5.74) is -1.00. The molecule has 0 aromatic carbocycles. The van der Waals surface area contributed by atoms with Crippen LogP contribution < -0.4 is 0 Å². The van der Waals surface area contributed by atoms with Crippen LogP contribution in [0.2, 0.25) is 0 Å². The number of aliphatic imine (C=N–C) groups is 1. The number of hydrogen-bond acceptors (Lipinski definition) is 5. The Labute approximate surface area is 124 Å². The van der Waals surface area contributed by atoms with Crippen LogP contribution in [0.1, 0.15) is 40.0 Å². The number of nitrogens with zero attached hydrogens (tertiary/aromatic N) is 1. The van der Waals surface area contributed by atoms with Crippen LogP contribution >= 0.6 is 0 Å². The molecule has 7 heteroatoms. The lowest BCUT2D eigenvalue weighted by atomic mass is 10.2. The van der Waals surface area contributed by atoms with Crippen molar-refractivity contribution in [3.8, 4) is 0 Å². The SMILES string of the molecule is CC(C)(C)OC(=O)/N=C(\COCCC1CC1)C(O)C(=O)O. The third-order valence-electron chi connectivity index (χ3n) is 2.80. The topological polar surface area (TPSA) is 105 Å². The molecule has 0 aromatic rings. The zero-order valence-corrected chi connectivity index (χ0v) is 12.7. The fourth-order valence-corrected chi connectivity index (χ4v) is 1.55. The molecule has 2 N–H and O–H groups in total. The summed E-state index contributed by atoms with van der Waals surface area (Å²) in [5, 5.41) is 18.4. The lowest BCUT2D eigenvalue weighted by Gasteiger charge is -2.18. The van der Waals surface area contributed by atoms with Crippen molar-refractivity contribution >= 4 is 17.8 Å². The number of rotatable bonds is 7. The molecule has 0 spiro atoms. The van der Waals surface area contributed by atoms with Crippen LogP contribution in [0.3, 0.4) is 0 Å². The van der Waals surface area contributed by atoms with Crippen LogP contribution in [0.15, 0.2) is 4.99 Å². The Morgan fingerprint density at radius 3 is 2.43 bits per heavy atom. The average Bonchev–Trinajstić information content (AvgIpc) is 3.13. The zero-order valence-electron chi connectivity index (χ0n) is 12.7. The first-order valence-electron chi connectivity index (χ1n) is 6.98. The standard InChI is InChI=1S/C14H23NO6/c1-14(2,3)21-13(19)15-10(11(16)12(17)18)8-20-7-6-9-4-5-9/h9,11,16H,4-8H2,1-3H3,(H,17,18)/b15-10+. The van der Waals surface area contributed by atoms with Gasteiger partial charge in [-0.05, 0) is 33.1 Å². The van der Waals surface area contributed by atoms with E-state index >= 15 is 0 Å². The molecule has 0 saturated heterocycles. The van der Waals surface area contributed by atoms with Crippen molar-refractivity contribution in [3.63, 3.8) is 0 Å². The van der Waals surface area contributed by atoms with Gasteiger partial charge in [0.2, 0.25) is 0 Å². The second-order valence-electron chi connectivity index (χ2n) is 6.11. The first-order valence-corrected chi connectivity index (χ1v) is 6.98. The average molecular weight is 301 g/mol. The number of carboxylic acid groups (broad SMARTS) is 1. The molecule has 0 radical (unpaired) electrons. The molecule has 0 aromatic heterocycles. The maximum atomic E-state index is 11.6. The number of aliphatic carboxylic acids is 1. The predicted octanol–water partition coefficient (Wildman–Crippen LogP) is 1.62. The number of amides is 1. The fourth-order valence-electron chi connectivity index (χ4n) is 1.55. The lowest BCUT2D eigenvalue weighted by Crippen LogP contribution is -2.34. The van der Waals surface area contributed by atoms with Crippen LogP contribution in [-0.4, -0.2) is 52.9 Å². The summed E-state index contributed by atoms with van der Waals surface area (Å²) in [6.45, 7) is 5.24. The van der Waals surface area contributed by atoms with Gasteiger partial charge in [0.1, 0.15) is 5.60 Å². The predicted molar refractivity (Wildman–Crippen MR) is 75.5 cm³/mol. The van der Waals surface area contributed by atoms with E-state index in [1.54, 1.807) is 20.8 Å². The Bertz CT molecular complexity index is 408. The van der Waals surface area contributed by atoms with Crippen LogP contribution in [-0.2, 0) is 14.3 Å². The number of carbonyl (C=O) groups excluding carboxylic acids is 1. The van der Waals surface area contributed by atoms with Crippen LogP contribution in [0.5, 0.6) is 0 Å². The van der Waals surface area contributed by atoms with E-state index in [-0.39, 0.29) is 12.3 Å². The van der Waals surface area contributed by atoms with Crippen molar-refractivity contribution in [2.24, 2.45) is 10.9 Å². The smallest absolute Gasteiger partial charge is 0.434 e. The Hall–Kier alpha value is -1.47. The van der Waals surface area contributed by atoms with Crippen molar-refractivity contribution in [1.29, 1.82) is 0 Å². The van der Waals surface area contributed by atoms with Gasteiger partial charge in [0.25, 0.3) is 0 Å². The van der Waals surface area contributed by atoms with Gasteiger partial charge < -0.3 is 19.7 Å². The molecule has 1 aliphatic rings. The third-order valence-corrected chi connectivity index (χ3v) is 2.80. The van der Waals surface area contributed by atoms with Gasteiger partial charge in [0.05, 0.1) is 12.3 Å². The molecule has 21 heavy (non-hydrogen) atoms. The second-order valence-corrected chi connectivity index (χ2v) is 6.11. The highest BCUT2D eigenvalue weighted by molar-refractivity contribution is 6.08. The minimum atomic E-state index is -1.88. The van der Waals surface area contributed by atoms with E-state index in [2.05, 4.69) is 4.99 Å². The number of ether oxygens (including phenoxy) is 2. The zero-order chi connectivity index (χ0) is 16.0. The van der Waals surface area contributed by atoms with E-state index in [1.165, 1.54) is 12.8 Å². The van der Waals surface area contributed by atoms with E-state index in [0.717, 1.165) is 6.42 Å². The maximum Gasteiger partial charge on any atom is 0.434 e. The van der Waals surface area contributed by atoms with Crippen molar-refractivity contribution < 1.29 is 29.3 Å². The summed E-state index contributed by atoms with van der Waals surface area (Å²) in [5.74, 6) is -0.802. The monoisotopic (exact) mass is 301 g/mol. The highest BCUT2D eigenvalue weighted by atomic mass is 16.6. The van der Waals surface area contributed by atoms with E-state index in [1.807, 2.05) is 0 Å². The van der Waals surface area contributed by atoms with Gasteiger partial charge >= 0.3 is 12.1 Å². The number of carbonyl (C=O) groups is 2. The van der Waals surface area contributed by atoms with E-state index < -0.39 is 23.8 Å². The molecule has 1 rings (SSSR count). The maximum absolute atomic E-state index is 11.6. The fraction of sp³-hybridized carbons (Fsp3) is 0.786. The number of aliphatic hydroxyl groups is 1. The van der Waals surface area contributed by atoms with Crippen molar-refractivity contribution in [1.82, 2.24) is 0 Å². The summed E-state index contributed by atoms with van der Waals surface area (Å²) in [6.07, 6.45) is 0.463. The summed E-state index contributed by atoms with van der Waals surface area (Å²) in [4.78, 5) is 25.9. The van der Waals surface area contributed by atoms with Crippen molar-refractivity contribution in [2.75, 3.05) is 13.2 Å². The summed E-state index contributed by atoms with van der Waals surface area (Å²) in [7, 11) is 0. The quantitative estimate of drug-likeness (QED) is 0.547. The number of hydrogen-bond donors (Lipinski definition) is 2. The molecular weight excluding hydrogens is 278 g/mol. The Balaban J connectivity index is 2.56.